The molecule has 0 amide bonds. The van der Waals surface area contributed by atoms with Gasteiger partial charge >= 0.3 is 5.97 Å². The van der Waals surface area contributed by atoms with Crippen LogP contribution in [0.1, 0.15) is 56.0 Å². The second-order valence-electron chi connectivity index (χ2n) is 11.7. The number of halogens is 2. The highest BCUT2D eigenvalue weighted by molar-refractivity contribution is 6.31. The molecule has 2 aliphatic rings. The van der Waals surface area contributed by atoms with Crippen molar-refractivity contribution in [3.63, 3.8) is 0 Å². The summed E-state index contributed by atoms with van der Waals surface area (Å²) in [6.45, 7) is 11.5. The van der Waals surface area contributed by atoms with Crippen molar-refractivity contribution in [2.24, 2.45) is 5.41 Å². The Morgan fingerprint density at radius 1 is 0.927 bits per heavy atom. The summed E-state index contributed by atoms with van der Waals surface area (Å²) in [5, 5.41) is 1.35. The van der Waals surface area contributed by atoms with E-state index in [0.717, 1.165) is 56.3 Å². The number of rotatable bonds is 8. The van der Waals surface area contributed by atoms with Crippen LogP contribution >= 0.6 is 23.2 Å². The highest BCUT2D eigenvalue weighted by Crippen LogP contribution is 2.43. The summed E-state index contributed by atoms with van der Waals surface area (Å²) in [6, 6.07) is 21.2. The number of carbonyl (C=O) groups is 1. The second kappa shape index (κ2) is 12.9. The first-order valence-electron chi connectivity index (χ1n) is 14.4. The van der Waals surface area contributed by atoms with Crippen LogP contribution in [0.25, 0.3) is 5.57 Å². The van der Waals surface area contributed by atoms with Crippen molar-refractivity contribution in [2.75, 3.05) is 44.2 Å². The molecule has 0 saturated carbocycles. The van der Waals surface area contributed by atoms with E-state index in [2.05, 4.69) is 35.8 Å². The summed E-state index contributed by atoms with van der Waals surface area (Å²) in [6.07, 6.45) is 3.43. The number of nitrogens with zero attached hydrogens (tertiary/aromatic N) is 2. The minimum atomic E-state index is -0.402. The zero-order chi connectivity index (χ0) is 29.0. The number of carbonyl (C=O) groups excluding carboxylic acids is 1. The number of allylic oxidation sites excluding steroid dienone is 1. The van der Waals surface area contributed by atoms with Crippen LogP contribution in [-0.2, 0) is 4.74 Å². The first-order chi connectivity index (χ1) is 19.7. The minimum absolute atomic E-state index is 0.298. The maximum atomic E-state index is 12.7. The fourth-order valence-electron chi connectivity index (χ4n) is 5.73. The monoisotopic (exact) mass is 592 g/mol. The van der Waals surface area contributed by atoms with Crippen LogP contribution in [0.3, 0.4) is 0 Å². The summed E-state index contributed by atoms with van der Waals surface area (Å²) in [4.78, 5) is 17.6. The van der Waals surface area contributed by atoms with Crippen molar-refractivity contribution in [3.8, 4) is 11.5 Å². The average Bonchev–Trinajstić information content (AvgIpc) is 2.95. The van der Waals surface area contributed by atoms with E-state index in [1.54, 1.807) is 30.7 Å². The van der Waals surface area contributed by atoms with Gasteiger partial charge in [-0.25, -0.2) is 4.79 Å². The Morgan fingerprint density at radius 3 is 2.39 bits per heavy atom. The maximum absolute atomic E-state index is 12.7. The van der Waals surface area contributed by atoms with Crippen LogP contribution < -0.4 is 9.64 Å². The molecule has 216 valence electrons. The smallest absolute Gasteiger partial charge is 0.341 e. The van der Waals surface area contributed by atoms with E-state index in [-0.39, 0.29) is 0 Å². The molecule has 1 heterocycles. The molecule has 41 heavy (non-hydrogen) atoms. The van der Waals surface area contributed by atoms with Gasteiger partial charge in [0.05, 0.1) is 6.61 Å². The van der Waals surface area contributed by atoms with E-state index in [1.165, 1.54) is 17.6 Å². The lowest BCUT2D eigenvalue weighted by molar-refractivity contribution is 0.0523. The van der Waals surface area contributed by atoms with Crippen molar-refractivity contribution in [3.05, 3.63) is 93.5 Å². The highest BCUT2D eigenvalue weighted by Gasteiger charge is 2.29. The van der Waals surface area contributed by atoms with Gasteiger partial charge in [-0.15, -0.1) is 0 Å². The van der Waals surface area contributed by atoms with Crippen LogP contribution in [0.15, 0.2) is 72.3 Å². The minimum Gasteiger partial charge on any atom is -0.462 e. The summed E-state index contributed by atoms with van der Waals surface area (Å²) in [7, 11) is 0. The van der Waals surface area contributed by atoms with E-state index in [4.69, 9.17) is 32.7 Å². The predicted octanol–water partition coefficient (Wildman–Crippen LogP) is 8.75. The zero-order valence-corrected chi connectivity index (χ0v) is 25.6. The molecule has 5 nitrogen and oxygen atoms in total. The van der Waals surface area contributed by atoms with Crippen molar-refractivity contribution in [2.45, 2.75) is 40.0 Å². The van der Waals surface area contributed by atoms with Gasteiger partial charge in [0.1, 0.15) is 17.1 Å². The Kier molecular flexibility index (Phi) is 9.28. The van der Waals surface area contributed by atoms with Gasteiger partial charge in [0.2, 0.25) is 0 Å². The second-order valence-corrected chi connectivity index (χ2v) is 12.5. The van der Waals surface area contributed by atoms with Gasteiger partial charge < -0.3 is 14.4 Å². The molecule has 0 bridgehead atoms. The molecule has 1 saturated heterocycles. The van der Waals surface area contributed by atoms with E-state index in [9.17, 15) is 4.79 Å². The molecular formula is C34H38Cl2N2O3. The van der Waals surface area contributed by atoms with Crippen LogP contribution in [0.4, 0.5) is 5.69 Å². The lowest BCUT2D eigenvalue weighted by Gasteiger charge is -2.39. The standard InChI is InChI=1S/C34H38Cl2N2O3/c1-4-40-33(39)30-13-12-28(21-32(30)41-29-7-5-6-27(36)20-29)38-18-16-37(17-19-38)23-25-14-15-34(2,3)22-31(25)24-8-10-26(35)11-9-24/h5-13,20-21H,4,14-19,22-23H2,1-3H3. The van der Waals surface area contributed by atoms with Crippen molar-refractivity contribution in [1.82, 2.24) is 4.90 Å². The summed E-state index contributed by atoms with van der Waals surface area (Å²) >= 11 is 12.4. The predicted molar refractivity (Wildman–Crippen MR) is 169 cm³/mol. The third-order valence-electron chi connectivity index (χ3n) is 8.01. The van der Waals surface area contributed by atoms with E-state index >= 15 is 0 Å². The van der Waals surface area contributed by atoms with Gasteiger partial charge in [-0.3, -0.25) is 4.90 Å². The van der Waals surface area contributed by atoms with Gasteiger partial charge in [-0.2, -0.15) is 0 Å². The van der Waals surface area contributed by atoms with Crippen LogP contribution in [0, 0.1) is 5.41 Å². The van der Waals surface area contributed by atoms with Gasteiger partial charge in [-0.05, 0) is 85.2 Å². The normalized spacial score (nSPS) is 17.4. The van der Waals surface area contributed by atoms with Crippen molar-refractivity contribution in [1.29, 1.82) is 0 Å². The fourth-order valence-corrected chi connectivity index (χ4v) is 6.03. The third kappa shape index (κ3) is 7.45. The first-order valence-corrected chi connectivity index (χ1v) is 15.1. The molecule has 0 aromatic heterocycles. The van der Waals surface area contributed by atoms with Crippen molar-refractivity contribution >= 4 is 40.4 Å². The molecular weight excluding hydrogens is 555 g/mol. The Bertz CT molecular complexity index is 1410. The largest absolute Gasteiger partial charge is 0.462 e. The lowest BCUT2D eigenvalue weighted by atomic mass is 9.72. The molecule has 0 atom stereocenters. The van der Waals surface area contributed by atoms with Crippen molar-refractivity contribution < 1.29 is 14.3 Å². The molecule has 5 rings (SSSR count). The quantitative estimate of drug-likeness (QED) is 0.244. The van der Waals surface area contributed by atoms with E-state index in [0.29, 0.717) is 34.1 Å². The Labute approximate surface area is 253 Å². The Balaban J connectivity index is 1.31. The first kappa shape index (κ1) is 29.5. The number of ether oxygens (including phenoxy) is 2. The molecule has 0 N–H and O–H groups in total. The van der Waals surface area contributed by atoms with E-state index < -0.39 is 5.97 Å². The number of benzene rings is 3. The summed E-state index contributed by atoms with van der Waals surface area (Å²) in [5.41, 5.74) is 6.06. The molecule has 0 spiro atoms. The van der Waals surface area contributed by atoms with Crippen LogP contribution in [0.5, 0.6) is 11.5 Å². The molecule has 1 aliphatic heterocycles. The SMILES string of the molecule is CCOC(=O)c1ccc(N2CCN(CC3=C(c4ccc(Cl)cc4)CC(C)(C)CC3)CC2)cc1Oc1cccc(Cl)c1. The van der Waals surface area contributed by atoms with Gasteiger partial charge in [0.15, 0.2) is 0 Å². The van der Waals surface area contributed by atoms with Gasteiger partial charge in [0.25, 0.3) is 0 Å². The molecule has 1 fully saturated rings. The fraction of sp³-hybridized carbons (Fsp3) is 0.382. The Hall–Kier alpha value is -2.99. The number of anilines is 1. The Morgan fingerprint density at radius 2 is 1.68 bits per heavy atom. The topological polar surface area (TPSA) is 42.0 Å². The summed E-state index contributed by atoms with van der Waals surface area (Å²) in [5.74, 6) is 0.639. The molecule has 3 aromatic rings. The van der Waals surface area contributed by atoms with E-state index in [1.807, 2.05) is 36.4 Å². The average molecular weight is 594 g/mol. The molecule has 1 aliphatic carbocycles. The van der Waals surface area contributed by atoms with Crippen LogP contribution in [0.2, 0.25) is 10.0 Å². The van der Waals surface area contributed by atoms with Gasteiger partial charge in [0, 0.05) is 54.5 Å². The number of esters is 1. The highest BCUT2D eigenvalue weighted by atomic mass is 35.5. The van der Waals surface area contributed by atoms with Gasteiger partial charge in [-0.1, -0.05) is 60.8 Å². The molecule has 0 unspecified atom stereocenters. The molecule has 3 aromatic carbocycles. The third-order valence-corrected chi connectivity index (χ3v) is 8.50. The number of hydrogen-bond donors (Lipinski definition) is 0. The lowest BCUT2D eigenvalue weighted by Crippen LogP contribution is -2.47. The zero-order valence-electron chi connectivity index (χ0n) is 24.1. The van der Waals surface area contributed by atoms with Crippen LogP contribution in [-0.4, -0.2) is 50.2 Å². The molecule has 7 heteroatoms. The maximum Gasteiger partial charge on any atom is 0.341 e. The summed E-state index contributed by atoms with van der Waals surface area (Å²) < 4.78 is 11.4. The number of hydrogen-bond acceptors (Lipinski definition) is 5. The molecule has 0 radical (unpaired) electrons. The number of piperazine rings is 1.